The van der Waals surface area contributed by atoms with Gasteiger partial charge < -0.3 is 4.74 Å². The highest BCUT2D eigenvalue weighted by atomic mass is 32.2. The van der Waals surface area contributed by atoms with Crippen molar-refractivity contribution in [2.45, 2.75) is 49.4 Å². The quantitative estimate of drug-likeness (QED) is 0.681. The molecule has 4 nitrogen and oxygen atoms in total. The van der Waals surface area contributed by atoms with Gasteiger partial charge in [-0.05, 0) is 79.1 Å². The summed E-state index contributed by atoms with van der Waals surface area (Å²) < 4.78 is 33.7. The molecule has 0 fully saturated rings. The first-order valence-electron chi connectivity index (χ1n) is 8.54. The van der Waals surface area contributed by atoms with Crippen molar-refractivity contribution in [3.63, 3.8) is 0 Å². The van der Waals surface area contributed by atoms with Crippen molar-refractivity contribution < 1.29 is 13.2 Å². The van der Waals surface area contributed by atoms with E-state index in [-0.39, 0.29) is 16.9 Å². The standard InChI is InChI=1S/C20H27NO3S2/c1-13(2)18-12-19(14(3)11-20(18)24-5)15(4)21-26(22,23)17-9-7-16(25-6)8-10-17/h7-13,15,21H,1-6H3/t15-/m1/s1. The third-order valence-corrected chi connectivity index (χ3v) is 6.71. The van der Waals surface area contributed by atoms with E-state index in [9.17, 15) is 8.42 Å². The molecule has 0 aliphatic heterocycles. The van der Waals surface area contributed by atoms with E-state index in [4.69, 9.17) is 4.74 Å². The van der Waals surface area contributed by atoms with Crippen LogP contribution in [0, 0.1) is 6.92 Å². The van der Waals surface area contributed by atoms with Gasteiger partial charge in [-0.15, -0.1) is 11.8 Å². The topological polar surface area (TPSA) is 55.4 Å². The number of thioether (sulfide) groups is 1. The Morgan fingerprint density at radius 2 is 1.65 bits per heavy atom. The Hall–Kier alpha value is -1.50. The summed E-state index contributed by atoms with van der Waals surface area (Å²) in [6, 6.07) is 10.6. The van der Waals surface area contributed by atoms with Crippen LogP contribution in [0.25, 0.3) is 0 Å². The van der Waals surface area contributed by atoms with Gasteiger partial charge in [0.2, 0.25) is 10.0 Å². The van der Waals surface area contributed by atoms with E-state index in [0.29, 0.717) is 0 Å². The van der Waals surface area contributed by atoms with E-state index >= 15 is 0 Å². The third-order valence-electron chi connectivity index (χ3n) is 4.41. The molecule has 26 heavy (non-hydrogen) atoms. The van der Waals surface area contributed by atoms with Crippen LogP contribution in [0.1, 0.15) is 49.4 Å². The summed E-state index contributed by atoms with van der Waals surface area (Å²) in [5, 5.41) is 0. The molecule has 0 aromatic heterocycles. The van der Waals surface area contributed by atoms with E-state index in [0.717, 1.165) is 27.3 Å². The molecule has 1 N–H and O–H groups in total. The van der Waals surface area contributed by atoms with Crippen LogP contribution in [0.2, 0.25) is 0 Å². The minimum absolute atomic E-state index is 0.275. The van der Waals surface area contributed by atoms with Gasteiger partial charge in [-0.3, -0.25) is 0 Å². The lowest BCUT2D eigenvalue weighted by molar-refractivity contribution is 0.406. The van der Waals surface area contributed by atoms with Gasteiger partial charge in [0.1, 0.15) is 5.75 Å². The van der Waals surface area contributed by atoms with Crippen LogP contribution in [0.4, 0.5) is 0 Å². The first-order valence-corrected chi connectivity index (χ1v) is 11.2. The number of rotatable bonds is 7. The molecule has 142 valence electrons. The molecule has 0 unspecified atom stereocenters. The number of hydrogen-bond donors (Lipinski definition) is 1. The smallest absolute Gasteiger partial charge is 0.241 e. The Morgan fingerprint density at radius 3 is 2.15 bits per heavy atom. The van der Waals surface area contributed by atoms with Gasteiger partial charge >= 0.3 is 0 Å². The van der Waals surface area contributed by atoms with Gasteiger partial charge in [0.05, 0.1) is 12.0 Å². The zero-order valence-electron chi connectivity index (χ0n) is 16.2. The SMILES string of the molecule is COc1cc(C)c([C@@H](C)NS(=O)(=O)c2ccc(SC)cc2)cc1C(C)C. The Balaban J connectivity index is 2.33. The third kappa shape index (κ3) is 4.61. The Morgan fingerprint density at radius 1 is 1.04 bits per heavy atom. The summed E-state index contributed by atoms with van der Waals surface area (Å²) in [6.07, 6.45) is 1.96. The first-order chi connectivity index (χ1) is 12.2. The van der Waals surface area contributed by atoms with Crippen molar-refractivity contribution in [2.24, 2.45) is 0 Å². The van der Waals surface area contributed by atoms with Gasteiger partial charge in [-0.25, -0.2) is 13.1 Å². The van der Waals surface area contributed by atoms with Crippen LogP contribution >= 0.6 is 11.8 Å². The zero-order chi connectivity index (χ0) is 19.5. The normalized spacial score (nSPS) is 13.0. The number of aryl methyl sites for hydroxylation is 1. The highest BCUT2D eigenvalue weighted by Gasteiger charge is 2.21. The summed E-state index contributed by atoms with van der Waals surface area (Å²) in [7, 11) is -1.93. The second-order valence-electron chi connectivity index (χ2n) is 6.62. The van der Waals surface area contributed by atoms with Gasteiger partial charge in [0.15, 0.2) is 0 Å². The average Bonchev–Trinajstić information content (AvgIpc) is 2.60. The van der Waals surface area contributed by atoms with Crippen LogP contribution in [-0.2, 0) is 10.0 Å². The highest BCUT2D eigenvalue weighted by molar-refractivity contribution is 7.98. The molecule has 6 heteroatoms. The Bertz CT molecular complexity index is 859. The summed E-state index contributed by atoms with van der Waals surface area (Å²) in [4.78, 5) is 1.31. The van der Waals surface area contributed by atoms with E-state index in [1.54, 1.807) is 31.0 Å². The van der Waals surface area contributed by atoms with Crippen molar-refractivity contribution >= 4 is 21.8 Å². The molecule has 0 radical (unpaired) electrons. The molecule has 1 atom stereocenters. The molecule has 2 aromatic carbocycles. The number of hydrogen-bond acceptors (Lipinski definition) is 4. The Labute approximate surface area is 161 Å². The molecule has 0 heterocycles. The maximum atomic E-state index is 12.7. The van der Waals surface area contributed by atoms with Gasteiger partial charge in [0.25, 0.3) is 0 Å². The maximum Gasteiger partial charge on any atom is 0.241 e. The fraction of sp³-hybridized carbons (Fsp3) is 0.400. The lowest BCUT2D eigenvalue weighted by Crippen LogP contribution is -2.27. The Kier molecular flexibility index (Phi) is 6.77. The monoisotopic (exact) mass is 393 g/mol. The van der Waals surface area contributed by atoms with Crippen LogP contribution in [0.3, 0.4) is 0 Å². The largest absolute Gasteiger partial charge is 0.496 e. The summed E-state index contributed by atoms with van der Waals surface area (Å²) >= 11 is 1.58. The molecule has 0 aliphatic rings. The van der Waals surface area contributed by atoms with Crippen molar-refractivity contribution in [3.8, 4) is 5.75 Å². The summed E-state index contributed by atoms with van der Waals surface area (Å²) in [6.45, 7) is 8.03. The second-order valence-corrected chi connectivity index (χ2v) is 9.22. The van der Waals surface area contributed by atoms with E-state index in [2.05, 4.69) is 18.6 Å². The van der Waals surface area contributed by atoms with Crippen LogP contribution in [0.5, 0.6) is 5.75 Å². The highest BCUT2D eigenvalue weighted by Crippen LogP contribution is 2.32. The number of sulfonamides is 1. The lowest BCUT2D eigenvalue weighted by Gasteiger charge is -2.21. The fourth-order valence-corrected chi connectivity index (χ4v) is 4.56. The minimum Gasteiger partial charge on any atom is -0.496 e. The predicted octanol–water partition coefficient (Wildman–Crippen LogP) is 4.89. The zero-order valence-corrected chi connectivity index (χ0v) is 17.8. The fourth-order valence-electron chi connectivity index (χ4n) is 2.93. The average molecular weight is 394 g/mol. The van der Waals surface area contributed by atoms with Crippen molar-refractivity contribution in [2.75, 3.05) is 13.4 Å². The van der Waals surface area contributed by atoms with Crippen LogP contribution in [0.15, 0.2) is 46.2 Å². The molecule has 0 saturated carbocycles. The van der Waals surface area contributed by atoms with E-state index < -0.39 is 10.0 Å². The molecule has 0 aliphatic carbocycles. The van der Waals surface area contributed by atoms with Crippen molar-refractivity contribution in [3.05, 3.63) is 53.1 Å². The number of ether oxygens (including phenoxy) is 1. The minimum atomic E-state index is -3.59. The molecular weight excluding hydrogens is 366 g/mol. The van der Waals surface area contributed by atoms with Crippen molar-refractivity contribution in [1.82, 2.24) is 4.72 Å². The van der Waals surface area contributed by atoms with Crippen molar-refractivity contribution in [1.29, 1.82) is 0 Å². The van der Waals surface area contributed by atoms with Gasteiger partial charge in [-0.1, -0.05) is 13.8 Å². The van der Waals surface area contributed by atoms with Crippen LogP contribution in [-0.4, -0.2) is 21.8 Å². The molecule has 0 bridgehead atoms. The van der Waals surface area contributed by atoms with E-state index in [1.165, 1.54) is 0 Å². The summed E-state index contributed by atoms with van der Waals surface area (Å²) in [5.41, 5.74) is 3.03. The molecule has 0 amide bonds. The summed E-state index contributed by atoms with van der Waals surface area (Å²) in [5.74, 6) is 1.12. The maximum absolute atomic E-state index is 12.7. The predicted molar refractivity (Wildman–Crippen MR) is 109 cm³/mol. The second kappa shape index (κ2) is 8.46. The number of methoxy groups -OCH3 is 1. The number of benzene rings is 2. The van der Waals surface area contributed by atoms with Crippen LogP contribution < -0.4 is 9.46 Å². The molecule has 0 spiro atoms. The van der Waals surface area contributed by atoms with Gasteiger partial charge in [-0.2, -0.15) is 0 Å². The molecule has 0 saturated heterocycles. The van der Waals surface area contributed by atoms with E-state index in [1.807, 2.05) is 44.4 Å². The molecule has 2 aromatic rings. The van der Waals surface area contributed by atoms with Gasteiger partial charge in [0, 0.05) is 10.9 Å². The first kappa shape index (κ1) is 20.8. The lowest BCUT2D eigenvalue weighted by atomic mass is 9.94. The molecular formula is C20H27NO3S2. The molecule has 2 rings (SSSR count). The number of nitrogens with one attached hydrogen (secondary N) is 1.